The van der Waals surface area contributed by atoms with Gasteiger partial charge < -0.3 is 10.1 Å². The molecule has 1 aliphatic rings. The van der Waals surface area contributed by atoms with E-state index in [0.717, 1.165) is 17.7 Å². The van der Waals surface area contributed by atoms with Crippen molar-refractivity contribution in [1.29, 1.82) is 0 Å². The van der Waals surface area contributed by atoms with Crippen LogP contribution in [0.5, 0.6) is 5.75 Å². The number of piperidine rings is 1. The third kappa shape index (κ3) is 5.42. The van der Waals surface area contributed by atoms with E-state index in [2.05, 4.69) is 19.2 Å². The molecular formula is C22H30N2O4S2. The maximum Gasteiger partial charge on any atom is 0.252 e. The number of thiophene rings is 1. The molecule has 0 spiro atoms. The molecule has 0 bridgehead atoms. The van der Waals surface area contributed by atoms with Crippen molar-refractivity contribution in [2.24, 2.45) is 11.8 Å². The fraction of sp³-hybridized carbons (Fsp3) is 0.500. The molecule has 1 saturated heterocycles. The van der Waals surface area contributed by atoms with Gasteiger partial charge in [-0.2, -0.15) is 4.31 Å². The second-order valence-corrected chi connectivity index (χ2v) is 11.2. The summed E-state index contributed by atoms with van der Waals surface area (Å²) in [5.41, 5.74) is 1.02. The Kier molecular flexibility index (Phi) is 7.55. The van der Waals surface area contributed by atoms with Crippen LogP contribution in [0.1, 0.15) is 44.7 Å². The minimum absolute atomic E-state index is 0.0810. The van der Waals surface area contributed by atoms with Crippen LogP contribution in [0.15, 0.2) is 46.0 Å². The number of benzene rings is 1. The Balaban J connectivity index is 1.71. The largest absolute Gasteiger partial charge is 0.497 e. The Morgan fingerprint density at radius 2 is 2.00 bits per heavy atom. The van der Waals surface area contributed by atoms with Gasteiger partial charge in [0.2, 0.25) is 5.91 Å². The molecule has 3 rings (SSSR count). The number of sulfonamides is 1. The van der Waals surface area contributed by atoms with Gasteiger partial charge in [0.15, 0.2) is 0 Å². The highest BCUT2D eigenvalue weighted by molar-refractivity contribution is 7.91. The molecule has 2 heterocycles. The summed E-state index contributed by atoms with van der Waals surface area (Å²) in [6, 6.07) is 11.0. The molecule has 6 nitrogen and oxygen atoms in total. The second kappa shape index (κ2) is 9.94. The summed E-state index contributed by atoms with van der Waals surface area (Å²) in [6.07, 6.45) is 2.18. The lowest BCUT2D eigenvalue weighted by atomic mass is 9.94. The quantitative estimate of drug-likeness (QED) is 0.658. The van der Waals surface area contributed by atoms with Crippen LogP contribution in [0, 0.1) is 11.8 Å². The number of ether oxygens (including phenoxy) is 1. The van der Waals surface area contributed by atoms with Crippen molar-refractivity contribution < 1.29 is 17.9 Å². The molecular weight excluding hydrogens is 420 g/mol. The Labute approximate surface area is 183 Å². The normalized spacial score (nSPS) is 18.9. The van der Waals surface area contributed by atoms with E-state index in [1.54, 1.807) is 24.6 Å². The number of nitrogens with zero attached hydrogens (tertiary/aromatic N) is 1. The SMILES string of the molecule is COc1ccc(C(CC(C)C)NC(=O)C2CCCN(S(=O)(=O)c3cccs3)C2)cc1. The molecule has 1 amide bonds. The van der Waals surface area contributed by atoms with Crippen molar-refractivity contribution in [3.05, 3.63) is 47.3 Å². The highest BCUT2D eigenvalue weighted by atomic mass is 32.2. The van der Waals surface area contributed by atoms with Crippen LogP contribution in [-0.2, 0) is 14.8 Å². The number of carbonyl (C=O) groups excluding carboxylic acids is 1. The molecule has 1 N–H and O–H groups in total. The summed E-state index contributed by atoms with van der Waals surface area (Å²) >= 11 is 1.21. The number of hydrogen-bond acceptors (Lipinski definition) is 5. The van der Waals surface area contributed by atoms with Gasteiger partial charge in [-0.15, -0.1) is 11.3 Å². The molecule has 0 aliphatic carbocycles. The lowest BCUT2D eigenvalue weighted by Crippen LogP contribution is -2.46. The van der Waals surface area contributed by atoms with Gasteiger partial charge in [0.25, 0.3) is 10.0 Å². The van der Waals surface area contributed by atoms with Gasteiger partial charge in [0.1, 0.15) is 9.96 Å². The molecule has 0 saturated carbocycles. The maximum absolute atomic E-state index is 13.1. The lowest BCUT2D eigenvalue weighted by molar-refractivity contribution is -0.127. The number of hydrogen-bond donors (Lipinski definition) is 1. The molecule has 164 valence electrons. The van der Waals surface area contributed by atoms with Crippen LogP contribution in [0.2, 0.25) is 0 Å². The lowest BCUT2D eigenvalue weighted by Gasteiger charge is -2.32. The van der Waals surface area contributed by atoms with Gasteiger partial charge in [0.05, 0.1) is 19.1 Å². The Morgan fingerprint density at radius 1 is 1.27 bits per heavy atom. The summed E-state index contributed by atoms with van der Waals surface area (Å²) in [4.78, 5) is 13.1. The van der Waals surface area contributed by atoms with Gasteiger partial charge in [-0.1, -0.05) is 32.0 Å². The van der Waals surface area contributed by atoms with Crippen molar-refractivity contribution in [3.8, 4) is 5.75 Å². The second-order valence-electron chi connectivity index (χ2n) is 8.10. The summed E-state index contributed by atoms with van der Waals surface area (Å²) in [5.74, 6) is 0.749. The van der Waals surface area contributed by atoms with E-state index in [0.29, 0.717) is 29.5 Å². The molecule has 1 aromatic carbocycles. The smallest absolute Gasteiger partial charge is 0.252 e. The van der Waals surface area contributed by atoms with E-state index in [9.17, 15) is 13.2 Å². The van der Waals surface area contributed by atoms with E-state index in [-0.39, 0.29) is 24.4 Å². The molecule has 2 aromatic rings. The van der Waals surface area contributed by atoms with Crippen LogP contribution in [-0.4, -0.2) is 38.8 Å². The molecule has 0 radical (unpaired) electrons. The minimum atomic E-state index is -3.53. The van der Waals surface area contributed by atoms with E-state index >= 15 is 0 Å². The first-order valence-corrected chi connectivity index (χ1v) is 12.6. The van der Waals surface area contributed by atoms with Crippen LogP contribution in [0.3, 0.4) is 0 Å². The summed E-state index contributed by atoms with van der Waals surface area (Å²) in [6.45, 7) is 4.93. The number of rotatable bonds is 8. The van der Waals surface area contributed by atoms with Crippen molar-refractivity contribution >= 4 is 27.3 Å². The van der Waals surface area contributed by atoms with Gasteiger partial charge in [-0.25, -0.2) is 8.42 Å². The molecule has 8 heteroatoms. The number of nitrogens with one attached hydrogen (secondary N) is 1. The van der Waals surface area contributed by atoms with E-state index in [1.807, 2.05) is 24.3 Å². The Morgan fingerprint density at radius 3 is 2.60 bits per heavy atom. The van der Waals surface area contributed by atoms with Crippen LogP contribution < -0.4 is 10.1 Å². The predicted molar refractivity (Wildman–Crippen MR) is 119 cm³/mol. The molecule has 1 aromatic heterocycles. The van der Waals surface area contributed by atoms with Crippen LogP contribution in [0.25, 0.3) is 0 Å². The first-order chi connectivity index (χ1) is 14.3. The van der Waals surface area contributed by atoms with Crippen molar-refractivity contribution in [1.82, 2.24) is 9.62 Å². The number of methoxy groups -OCH3 is 1. The summed E-state index contributed by atoms with van der Waals surface area (Å²) in [5, 5.41) is 4.94. The average molecular weight is 451 g/mol. The number of carbonyl (C=O) groups is 1. The standard InChI is InChI=1S/C22H30N2O4S2/c1-16(2)14-20(17-8-10-19(28-3)11-9-17)23-22(25)18-6-4-12-24(15-18)30(26,27)21-7-5-13-29-21/h5,7-11,13,16,18,20H,4,6,12,14-15H2,1-3H3,(H,23,25). The highest BCUT2D eigenvalue weighted by Gasteiger charge is 2.34. The van der Waals surface area contributed by atoms with Crippen LogP contribution in [0.4, 0.5) is 0 Å². The topological polar surface area (TPSA) is 75.7 Å². The monoisotopic (exact) mass is 450 g/mol. The van der Waals surface area contributed by atoms with Gasteiger partial charge >= 0.3 is 0 Å². The first kappa shape index (κ1) is 22.8. The zero-order chi connectivity index (χ0) is 21.7. The Hall–Kier alpha value is -1.90. The molecule has 1 aliphatic heterocycles. The van der Waals surface area contributed by atoms with Crippen molar-refractivity contribution in [2.75, 3.05) is 20.2 Å². The van der Waals surface area contributed by atoms with Crippen LogP contribution >= 0.6 is 11.3 Å². The first-order valence-electron chi connectivity index (χ1n) is 10.3. The van der Waals surface area contributed by atoms with E-state index in [1.165, 1.54) is 15.6 Å². The third-order valence-electron chi connectivity index (χ3n) is 5.39. The summed E-state index contributed by atoms with van der Waals surface area (Å²) < 4.78 is 32.7. The van der Waals surface area contributed by atoms with Crippen molar-refractivity contribution in [3.63, 3.8) is 0 Å². The van der Waals surface area contributed by atoms with Gasteiger partial charge in [0, 0.05) is 13.1 Å². The van der Waals surface area contributed by atoms with Crippen molar-refractivity contribution in [2.45, 2.75) is 43.4 Å². The van der Waals surface area contributed by atoms with E-state index in [4.69, 9.17) is 4.74 Å². The average Bonchev–Trinajstić information content (AvgIpc) is 3.29. The molecule has 2 atom stereocenters. The van der Waals surface area contributed by atoms with Gasteiger partial charge in [-0.05, 0) is 54.3 Å². The zero-order valence-electron chi connectivity index (χ0n) is 17.7. The molecule has 2 unspecified atom stereocenters. The highest BCUT2D eigenvalue weighted by Crippen LogP contribution is 2.28. The molecule has 30 heavy (non-hydrogen) atoms. The van der Waals surface area contributed by atoms with E-state index < -0.39 is 10.0 Å². The maximum atomic E-state index is 13.1. The van der Waals surface area contributed by atoms with Gasteiger partial charge in [-0.3, -0.25) is 4.79 Å². The minimum Gasteiger partial charge on any atom is -0.497 e. The zero-order valence-corrected chi connectivity index (χ0v) is 19.3. The summed E-state index contributed by atoms with van der Waals surface area (Å²) in [7, 11) is -1.91. The molecule has 1 fully saturated rings. The fourth-order valence-corrected chi connectivity index (χ4v) is 6.46. The predicted octanol–water partition coefficient (Wildman–Crippen LogP) is 4.06. The fourth-order valence-electron chi connectivity index (χ4n) is 3.79. The Bertz CT molecular complexity index is 925. The third-order valence-corrected chi connectivity index (χ3v) is 8.62. The number of amides is 1.